The van der Waals surface area contributed by atoms with Gasteiger partial charge in [-0.1, -0.05) is 36.7 Å². The van der Waals surface area contributed by atoms with Gasteiger partial charge in [0.15, 0.2) is 5.76 Å². The van der Waals surface area contributed by atoms with Crippen molar-refractivity contribution in [1.29, 1.82) is 0 Å². The molecule has 2 aromatic rings. The number of carbonyl (C=O) groups is 1. The first kappa shape index (κ1) is 14.8. The van der Waals surface area contributed by atoms with Crippen LogP contribution in [0.1, 0.15) is 66.0 Å². The number of nitrogens with zero attached hydrogens (tertiary/aromatic N) is 2. The zero-order valence-electron chi connectivity index (χ0n) is 13.4. The number of amides is 1. The molecule has 4 heteroatoms. The van der Waals surface area contributed by atoms with Gasteiger partial charge >= 0.3 is 0 Å². The van der Waals surface area contributed by atoms with E-state index in [2.05, 4.69) is 19.0 Å². The monoisotopic (exact) mass is 298 g/mol. The number of rotatable bonds is 3. The molecular weight excluding hydrogens is 276 g/mol. The number of aromatic nitrogens is 1. The molecule has 1 aromatic carbocycles. The Morgan fingerprint density at radius 1 is 1.32 bits per heavy atom. The molecule has 1 aromatic heterocycles. The maximum absolute atomic E-state index is 12.7. The van der Waals surface area contributed by atoms with Gasteiger partial charge in [0.1, 0.15) is 0 Å². The second-order valence-electron chi connectivity index (χ2n) is 6.33. The van der Waals surface area contributed by atoms with Crippen molar-refractivity contribution in [3.8, 4) is 0 Å². The molecule has 22 heavy (non-hydrogen) atoms. The average molecular weight is 298 g/mol. The molecule has 2 heterocycles. The van der Waals surface area contributed by atoms with Crippen LogP contribution in [0.5, 0.6) is 0 Å². The Morgan fingerprint density at radius 2 is 2.05 bits per heavy atom. The summed E-state index contributed by atoms with van der Waals surface area (Å²) in [7, 11) is 0. The second kappa shape index (κ2) is 5.95. The van der Waals surface area contributed by atoms with Crippen LogP contribution in [0.4, 0.5) is 0 Å². The lowest BCUT2D eigenvalue weighted by molar-refractivity contribution is 0.0714. The maximum atomic E-state index is 12.7. The van der Waals surface area contributed by atoms with Gasteiger partial charge in [-0.25, -0.2) is 0 Å². The lowest BCUT2D eigenvalue weighted by Crippen LogP contribution is -2.30. The molecule has 0 unspecified atom stereocenters. The van der Waals surface area contributed by atoms with Crippen molar-refractivity contribution in [2.24, 2.45) is 0 Å². The number of likely N-dealkylation sites (tertiary alicyclic amines) is 1. The Kier molecular flexibility index (Phi) is 4.01. The Balaban J connectivity index is 1.83. The van der Waals surface area contributed by atoms with E-state index in [0.717, 1.165) is 42.0 Å². The Bertz CT molecular complexity index is 658. The zero-order chi connectivity index (χ0) is 15.7. The first-order valence-electron chi connectivity index (χ1n) is 7.90. The Hall–Kier alpha value is -2.10. The highest BCUT2D eigenvalue weighted by atomic mass is 16.5. The highest BCUT2D eigenvalue weighted by molar-refractivity contribution is 5.94. The van der Waals surface area contributed by atoms with Gasteiger partial charge in [-0.15, -0.1) is 0 Å². The van der Waals surface area contributed by atoms with E-state index in [4.69, 9.17) is 4.52 Å². The second-order valence-corrected chi connectivity index (χ2v) is 6.33. The molecule has 1 fully saturated rings. The molecule has 0 aliphatic carbocycles. The predicted molar refractivity (Wildman–Crippen MR) is 84.8 cm³/mol. The maximum Gasteiger partial charge on any atom is 0.254 e. The summed E-state index contributed by atoms with van der Waals surface area (Å²) >= 11 is 0. The topological polar surface area (TPSA) is 46.3 Å². The van der Waals surface area contributed by atoms with Crippen LogP contribution in [0.3, 0.4) is 0 Å². The molecule has 0 bridgehead atoms. The van der Waals surface area contributed by atoms with Gasteiger partial charge in [0.25, 0.3) is 5.91 Å². The van der Waals surface area contributed by atoms with Gasteiger partial charge < -0.3 is 9.42 Å². The van der Waals surface area contributed by atoms with E-state index in [1.807, 2.05) is 42.2 Å². The van der Waals surface area contributed by atoms with Crippen molar-refractivity contribution >= 4 is 5.91 Å². The Morgan fingerprint density at radius 3 is 2.68 bits per heavy atom. The summed E-state index contributed by atoms with van der Waals surface area (Å²) in [5.41, 5.74) is 2.84. The number of carbonyl (C=O) groups excluding carboxylic acids is 1. The zero-order valence-corrected chi connectivity index (χ0v) is 13.4. The third-order valence-corrected chi connectivity index (χ3v) is 4.28. The number of benzene rings is 1. The van der Waals surface area contributed by atoms with Crippen LogP contribution >= 0.6 is 0 Å². The van der Waals surface area contributed by atoms with Crippen molar-refractivity contribution in [3.05, 3.63) is 52.9 Å². The van der Waals surface area contributed by atoms with Crippen LogP contribution in [-0.4, -0.2) is 22.5 Å². The minimum atomic E-state index is 0.00815. The Labute approximate surface area is 131 Å². The van der Waals surface area contributed by atoms with Gasteiger partial charge in [-0.2, -0.15) is 0 Å². The lowest BCUT2D eigenvalue weighted by Gasteiger charge is -2.22. The highest BCUT2D eigenvalue weighted by Crippen LogP contribution is 2.34. The molecular formula is C18H22N2O2. The van der Waals surface area contributed by atoms with Crippen molar-refractivity contribution in [2.45, 2.75) is 45.6 Å². The summed E-state index contributed by atoms with van der Waals surface area (Å²) in [6.07, 6.45) is 1.93. The van der Waals surface area contributed by atoms with Gasteiger partial charge in [0.2, 0.25) is 0 Å². The van der Waals surface area contributed by atoms with Crippen molar-refractivity contribution < 1.29 is 9.32 Å². The lowest BCUT2D eigenvalue weighted by atomic mass is 10.1. The summed E-state index contributed by atoms with van der Waals surface area (Å²) in [5.74, 6) is 1.21. The molecule has 0 saturated carbocycles. The smallest absolute Gasteiger partial charge is 0.254 e. The van der Waals surface area contributed by atoms with Crippen molar-refractivity contribution in [3.63, 3.8) is 0 Å². The van der Waals surface area contributed by atoms with Crippen LogP contribution in [0, 0.1) is 6.92 Å². The van der Waals surface area contributed by atoms with Crippen LogP contribution in [-0.2, 0) is 0 Å². The molecule has 1 aliphatic rings. The summed E-state index contributed by atoms with van der Waals surface area (Å²) in [6.45, 7) is 6.97. The third-order valence-electron chi connectivity index (χ3n) is 4.28. The first-order chi connectivity index (χ1) is 10.6. The van der Waals surface area contributed by atoms with Gasteiger partial charge in [-0.05, 0) is 37.8 Å². The van der Waals surface area contributed by atoms with Crippen LogP contribution < -0.4 is 0 Å². The number of hydrogen-bond acceptors (Lipinski definition) is 3. The summed E-state index contributed by atoms with van der Waals surface area (Å²) in [4.78, 5) is 14.7. The number of hydrogen-bond donors (Lipinski definition) is 0. The van der Waals surface area contributed by atoms with Gasteiger partial charge in [-0.3, -0.25) is 4.79 Å². The molecule has 0 spiro atoms. The van der Waals surface area contributed by atoms with E-state index < -0.39 is 0 Å². The van der Waals surface area contributed by atoms with Gasteiger partial charge in [0.05, 0.1) is 11.7 Å². The molecule has 0 N–H and O–H groups in total. The molecule has 1 atom stereocenters. The molecule has 1 saturated heterocycles. The molecule has 4 nitrogen and oxygen atoms in total. The van der Waals surface area contributed by atoms with E-state index in [0.29, 0.717) is 5.92 Å². The SMILES string of the molecule is Cc1ccc(C(=O)N2CCC[C@@H]2c2cc(C(C)C)no2)cc1. The minimum Gasteiger partial charge on any atom is -0.359 e. The highest BCUT2D eigenvalue weighted by Gasteiger charge is 2.33. The standard InChI is InChI=1S/C18H22N2O2/c1-12(2)15-11-17(22-19-15)16-5-4-10-20(16)18(21)14-8-6-13(3)7-9-14/h6-9,11-12,16H,4-5,10H2,1-3H3/t16-/m1/s1. The molecule has 116 valence electrons. The summed E-state index contributed by atoms with van der Waals surface area (Å²) in [5, 5.41) is 4.13. The largest absolute Gasteiger partial charge is 0.359 e. The van der Waals surface area contributed by atoms with Crippen molar-refractivity contribution in [2.75, 3.05) is 6.54 Å². The third kappa shape index (κ3) is 2.78. The van der Waals surface area contributed by atoms with E-state index in [9.17, 15) is 4.79 Å². The average Bonchev–Trinajstić information content (AvgIpc) is 3.16. The normalized spacial score (nSPS) is 18.2. The minimum absolute atomic E-state index is 0.00815. The number of aryl methyl sites for hydroxylation is 1. The van der Waals surface area contributed by atoms with Crippen LogP contribution in [0.25, 0.3) is 0 Å². The van der Waals surface area contributed by atoms with E-state index in [1.165, 1.54) is 0 Å². The molecule has 1 amide bonds. The predicted octanol–water partition coefficient (Wildman–Crippen LogP) is 4.08. The molecule has 0 radical (unpaired) electrons. The fourth-order valence-electron chi connectivity index (χ4n) is 2.90. The van der Waals surface area contributed by atoms with E-state index in [1.54, 1.807) is 0 Å². The molecule has 3 rings (SSSR count). The summed E-state index contributed by atoms with van der Waals surface area (Å²) in [6, 6.07) is 9.75. The fraction of sp³-hybridized carbons (Fsp3) is 0.444. The van der Waals surface area contributed by atoms with Crippen LogP contribution in [0.15, 0.2) is 34.9 Å². The first-order valence-corrected chi connectivity index (χ1v) is 7.90. The van der Waals surface area contributed by atoms with Crippen molar-refractivity contribution in [1.82, 2.24) is 10.1 Å². The summed E-state index contributed by atoms with van der Waals surface area (Å²) < 4.78 is 5.50. The van der Waals surface area contributed by atoms with Crippen LogP contribution in [0.2, 0.25) is 0 Å². The quantitative estimate of drug-likeness (QED) is 0.857. The van der Waals surface area contributed by atoms with E-state index in [-0.39, 0.29) is 11.9 Å². The van der Waals surface area contributed by atoms with Gasteiger partial charge in [0, 0.05) is 18.2 Å². The fourth-order valence-corrected chi connectivity index (χ4v) is 2.90. The van der Waals surface area contributed by atoms with E-state index >= 15 is 0 Å². The molecule has 1 aliphatic heterocycles.